The lowest BCUT2D eigenvalue weighted by Crippen LogP contribution is -2.12. The lowest BCUT2D eigenvalue weighted by molar-refractivity contribution is 0.0995. The van der Waals surface area contributed by atoms with Crippen LogP contribution in [0.15, 0.2) is 58.1 Å². The summed E-state index contributed by atoms with van der Waals surface area (Å²) in [5, 5.41) is 2.74. The maximum Gasteiger partial charge on any atom is 0.291 e. The SMILES string of the molecule is C=CCOc1ccccc1NC(=O)c1ccc(Br)o1. The number of nitrogens with one attached hydrogen (secondary N) is 1. The second kappa shape index (κ2) is 6.24. The van der Waals surface area contributed by atoms with Gasteiger partial charge < -0.3 is 14.5 Å². The van der Waals surface area contributed by atoms with Gasteiger partial charge in [0.1, 0.15) is 12.4 Å². The zero-order valence-electron chi connectivity index (χ0n) is 10.1. The van der Waals surface area contributed by atoms with Crippen LogP contribution in [0.25, 0.3) is 0 Å². The van der Waals surface area contributed by atoms with Gasteiger partial charge in [-0.2, -0.15) is 0 Å². The molecule has 0 fully saturated rings. The largest absolute Gasteiger partial charge is 0.487 e. The molecule has 0 aliphatic heterocycles. The van der Waals surface area contributed by atoms with Crippen molar-refractivity contribution in [3.05, 3.63) is 59.5 Å². The van der Waals surface area contributed by atoms with Gasteiger partial charge in [-0.25, -0.2) is 0 Å². The Kier molecular flexibility index (Phi) is 4.41. The highest BCUT2D eigenvalue weighted by Gasteiger charge is 2.12. The fourth-order valence-electron chi connectivity index (χ4n) is 1.46. The van der Waals surface area contributed by atoms with Crippen LogP contribution in [0.3, 0.4) is 0 Å². The molecule has 1 aromatic heterocycles. The van der Waals surface area contributed by atoms with E-state index < -0.39 is 0 Å². The van der Waals surface area contributed by atoms with E-state index in [9.17, 15) is 4.79 Å². The predicted molar refractivity (Wildman–Crippen MR) is 76.5 cm³/mol. The molecule has 19 heavy (non-hydrogen) atoms. The molecule has 2 rings (SSSR count). The van der Waals surface area contributed by atoms with Gasteiger partial charge in [-0.1, -0.05) is 24.8 Å². The standard InChI is InChI=1S/C14H12BrNO3/c1-2-9-18-11-6-4-3-5-10(11)16-14(17)12-7-8-13(15)19-12/h2-8H,1,9H2,(H,16,17). The summed E-state index contributed by atoms with van der Waals surface area (Å²) in [6.07, 6.45) is 1.64. The minimum absolute atomic E-state index is 0.227. The summed E-state index contributed by atoms with van der Waals surface area (Å²) in [5.74, 6) is 0.479. The van der Waals surface area contributed by atoms with E-state index in [1.165, 1.54) is 0 Å². The molecule has 1 aromatic carbocycles. The molecule has 2 aromatic rings. The normalized spacial score (nSPS) is 9.95. The van der Waals surface area contributed by atoms with Crippen molar-refractivity contribution < 1.29 is 13.9 Å². The maximum atomic E-state index is 12.0. The Morgan fingerprint density at radius 3 is 2.84 bits per heavy atom. The Morgan fingerprint density at radius 2 is 2.16 bits per heavy atom. The van der Waals surface area contributed by atoms with Crippen molar-refractivity contribution in [3.63, 3.8) is 0 Å². The van der Waals surface area contributed by atoms with E-state index in [2.05, 4.69) is 27.8 Å². The van der Waals surface area contributed by atoms with Crippen LogP contribution >= 0.6 is 15.9 Å². The molecule has 98 valence electrons. The molecule has 0 spiro atoms. The van der Waals surface area contributed by atoms with Gasteiger partial charge in [0.15, 0.2) is 10.4 Å². The van der Waals surface area contributed by atoms with Crippen LogP contribution in [0.4, 0.5) is 5.69 Å². The van der Waals surface area contributed by atoms with E-state index in [4.69, 9.17) is 9.15 Å². The van der Waals surface area contributed by atoms with Gasteiger partial charge in [0.25, 0.3) is 5.91 Å². The van der Waals surface area contributed by atoms with Gasteiger partial charge >= 0.3 is 0 Å². The number of carbonyl (C=O) groups is 1. The van der Waals surface area contributed by atoms with Crippen LogP contribution in [0.1, 0.15) is 10.6 Å². The van der Waals surface area contributed by atoms with Crippen LogP contribution in [-0.2, 0) is 0 Å². The molecule has 1 N–H and O–H groups in total. The summed E-state index contributed by atoms with van der Waals surface area (Å²) < 4.78 is 11.1. The lowest BCUT2D eigenvalue weighted by Gasteiger charge is -2.10. The van der Waals surface area contributed by atoms with Crippen molar-refractivity contribution in [3.8, 4) is 5.75 Å². The number of hydrogen-bond acceptors (Lipinski definition) is 3. The van der Waals surface area contributed by atoms with Crippen molar-refractivity contribution in [1.29, 1.82) is 0 Å². The average Bonchev–Trinajstić information content (AvgIpc) is 2.84. The van der Waals surface area contributed by atoms with Gasteiger partial charge in [0, 0.05) is 0 Å². The molecular weight excluding hydrogens is 310 g/mol. The minimum atomic E-state index is -0.333. The number of halogens is 1. The Balaban J connectivity index is 2.14. The summed E-state index contributed by atoms with van der Waals surface area (Å²) in [7, 11) is 0. The van der Waals surface area contributed by atoms with E-state index >= 15 is 0 Å². The van der Waals surface area contributed by atoms with Gasteiger partial charge in [-0.15, -0.1) is 0 Å². The van der Waals surface area contributed by atoms with Gasteiger partial charge in [-0.05, 0) is 40.2 Å². The van der Waals surface area contributed by atoms with Gasteiger partial charge in [-0.3, -0.25) is 4.79 Å². The van der Waals surface area contributed by atoms with Crippen LogP contribution in [-0.4, -0.2) is 12.5 Å². The van der Waals surface area contributed by atoms with Crippen molar-refractivity contribution in [1.82, 2.24) is 0 Å². The average molecular weight is 322 g/mol. The second-order valence-electron chi connectivity index (χ2n) is 3.65. The monoisotopic (exact) mass is 321 g/mol. The number of benzene rings is 1. The highest BCUT2D eigenvalue weighted by Crippen LogP contribution is 2.25. The van der Waals surface area contributed by atoms with Crippen LogP contribution < -0.4 is 10.1 Å². The van der Waals surface area contributed by atoms with Crippen molar-refractivity contribution in [2.24, 2.45) is 0 Å². The predicted octanol–water partition coefficient (Wildman–Crippen LogP) is 3.86. The smallest absolute Gasteiger partial charge is 0.291 e. The third kappa shape index (κ3) is 3.48. The molecule has 5 heteroatoms. The highest BCUT2D eigenvalue weighted by molar-refractivity contribution is 9.10. The number of furan rings is 1. The summed E-state index contributed by atoms with van der Waals surface area (Å²) in [4.78, 5) is 12.0. The van der Waals surface area contributed by atoms with E-state index in [0.717, 1.165) is 0 Å². The first-order valence-corrected chi connectivity index (χ1v) is 6.39. The summed E-state index contributed by atoms with van der Waals surface area (Å²) in [6.45, 7) is 3.96. The minimum Gasteiger partial charge on any atom is -0.487 e. The number of anilines is 1. The Hall–Kier alpha value is -2.01. The van der Waals surface area contributed by atoms with Gasteiger partial charge in [0.2, 0.25) is 0 Å². The molecule has 4 nitrogen and oxygen atoms in total. The first-order chi connectivity index (χ1) is 9.20. The molecule has 1 amide bonds. The Morgan fingerprint density at radius 1 is 1.37 bits per heavy atom. The maximum absolute atomic E-state index is 12.0. The van der Waals surface area contributed by atoms with Crippen LogP contribution in [0.2, 0.25) is 0 Å². The summed E-state index contributed by atoms with van der Waals surface area (Å²) in [5.41, 5.74) is 0.585. The van der Waals surface area contributed by atoms with Crippen molar-refractivity contribution in [2.45, 2.75) is 0 Å². The molecular formula is C14H12BrNO3. The van der Waals surface area contributed by atoms with Crippen molar-refractivity contribution >= 4 is 27.5 Å². The third-order valence-corrected chi connectivity index (χ3v) is 2.72. The first kappa shape index (κ1) is 13.4. The lowest BCUT2D eigenvalue weighted by atomic mass is 10.3. The number of para-hydroxylation sites is 2. The quantitative estimate of drug-likeness (QED) is 0.851. The molecule has 0 atom stereocenters. The second-order valence-corrected chi connectivity index (χ2v) is 4.44. The molecule has 0 bridgehead atoms. The molecule has 0 saturated heterocycles. The molecule has 0 saturated carbocycles. The number of rotatable bonds is 5. The molecule has 1 heterocycles. The number of ether oxygens (including phenoxy) is 1. The Labute approximate surface area is 119 Å². The zero-order chi connectivity index (χ0) is 13.7. The van der Waals surface area contributed by atoms with Gasteiger partial charge in [0.05, 0.1) is 5.69 Å². The van der Waals surface area contributed by atoms with Crippen molar-refractivity contribution in [2.75, 3.05) is 11.9 Å². The van der Waals surface area contributed by atoms with Crippen LogP contribution in [0.5, 0.6) is 5.75 Å². The fourth-order valence-corrected chi connectivity index (χ4v) is 1.77. The van der Waals surface area contributed by atoms with E-state index in [1.807, 2.05) is 12.1 Å². The van der Waals surface area contributed by atoms with E-state index in [1.54, 1.807) is 30.3 Å². The number of amides is 1. The summed E-state index contributed by atoms with van der Waals surface area (Å²) >= 11 is 3.15. The molecule has 0 radical (unpaired) electrons. The van der Waals surface area contributed by atoms with E-state index in [-0.39, 0.29) is 11.7 Å². The molecule has 0 aliphatic carbocycles. The third-order valence-electron chi connectivity index (χ3n) is 2.29. The van der Waals surface area contributed by atoms with Crippen LogP contribution in [0, 0.1) is 0 Å². The molecule has 0 unspecified atom stereocenters. The Bertz CT molecular complexity index is 592. The summed E-state index contributed by atoms with van der Waals surface area (Å²) in [6, 6.07) is 10.4. The fraction of sp³-hybridized carbons (Fsp3) is 0.0714. The number of carbonyl (C=O) groups excluding carboxylic acids is 1. The van der Waals surface area contributed by atoms with E-state index in [0.29, 0.717) is 22.7 Å². The highest BCUT2D eigenvalue weighted by atomic mass is 79.9. The number of hydrogen-bond donors (Lipinski definition) is 1. The topological polar surface area (TPSA) is 51.5 Å². The zero-order valence-corrected chi connectivity index (χ0v) is 11.6. The molecule has 0 aliphatic rings. The first-order valence-electron chi connectivity index (χ1n) is 5.60.